The maximum absolute atomic E-state index is 12.4. The second-order valence-electron chi connectivity index (χ2n) is 6.54. The van der Waals surface area contributed by atoms with Crippen molar-refractivity contribution in [2.24, 2.45) is 5.10 Å². The van der Waals surface area contributed by atoms with E-state index >= 15 is 0 Å². The van der Waals surface area contributed by atoms with Gasteiger partial charge in [-0.3, -0.25) is 14.4 Å². The van der Waals surface area contributed by atoms with Crippen molar-refractivity contribution >= 4 is 29.1 Å². The molecule has 0 bridgehead atoms. The SMILES string of the molecule is O=C(NCCN1CCCCCC1=O)C1=NN(c2ccccc2)C(=O)CC1. The molecule has 2 aliphatic rings. The van der Waals surface area contributed by atoms with Crippen molar-refractivity contribution in [2.45, 2.75) is 38.5 Å². The molecule has 1 saturated heterocycles. The second-order valence-corrected chi connectivity index (χ2v) is 6.54. The van der Waals surface area contributed by atoms with Gasteiger partial charge >= 0.3 is 0 Å². The molecule has 3 amide bonds. The van der Waals surface area contributed by atoms with E-state index in [9.17, 15) is 14.4 Å². The van der Waals surface area contributed by atoms with Crippen LogP contribution in [0.5, 0.6) is 0 Å². The van der Waals surface area contributed by atoms with Crippen molar-refractivity contribution in [1.82, 2.24) is 10.2 Å². The molecule has 1 aromatic rings. The molecule has 7 nitrogen and oxygen atoms in total. The van der Waals surface area contributed by atoms with Gasteiger partial charge in [0, 0.05) is 38.9 Å². The van der Waals surface area contributed by atoms with Gasteiger partial charge in [-0.05, 0) is 25.0 Å². The Morgan fingerprint density at radius 1 is 1.00 bits per heavy atom. The van der Waals surface area contributed by atoms with Crippen molar-refractivity contribution in [3.8, 4) is 0 Å². The molecule has 1 fully saturated rings. The number of hydrogen-bond donors (Lipinski definition) is 1. The Kier molecular flexibility index (Phi) is 5.99. The number of rotatable bonds is 5. The van der Waals surface area contributed by atoms with E-state index in [0.29, 0.717) is 37.3 Å². The first-order valence-electron chi connectivity index (χ1n) is 9.16. The lowest BCUT2D eigenvalue weighted by molar-refractivity contribution is -0.131. The summed E-state index contributed by atoms with van der Waals surface area (Å²) < 4.78 is 0. The molecule has 26 heavy (non-hydrogen) atoms. The number of nitrogens with one attached hydrogen (secondary N) is 1. The fraction of sp³-hybridized carbons (Fsp3) is 0.474. The summed E-state index contributed by atoms with van der Waals surface area (Å²) in [4.78, 5) is 38.3. The van der Waals surface area contributed by atoms with Crippen LogP contribution in [0.3, 0.4) is 0 Å². The van der Waals surface area contributed by atoms with Gasteiger partial charge in [0.25, 0.3) is 5.91 Å². The van der Waals surface area contributed by atoms with Crippen LogP contribution in [0.4, 0.5) is 5.69 Å². The van der Waals surface area contributed by atoms with Crippen LogP contribution in [0.1, 0.15) is 38.5 Å². The van der Waals surface area contributed by atoms with Gasteiger partial charge in [-0.1, -0.05) is 24.6 Å². The number of hydrazone groups is 1. The highest BCUT2D eigenvalue weighted by Gasteiger charge is 2.25. The minimum atomic E-state index is -0.277. The van der Waals surface area contributed by atoms with Crippen LogP contribution in [-0.2, 0) is 14.4 Å². The van der Waals surface area contributed by atoms with E-state index in [0.717, 1.165) is 25.8 Å². The lowest BCUT2D eigenvalue weighted by Gasteiger charge is -2.24. The smallest absolute Gasteiger partial charge is 0.267 e. The fourth-order valence-corrected chi connectivity index (χ4v) is 3.17. The molecule has 2 heterocycles. The van der Waals surface area contributed by atoms with Crippen molar-refractivity contribution in [1.29, 1.82) is 0 Å². The van der Waals surface area contributed by atoms with Gasteiger partial charge in [0.05, 0.1) is 5.69 Å². The predicted molar refractivity (Wildman–Crippen MR) is 98.7 cm³/mol. The molecule has 7 heteroatoms. The minimum Gasteiger partial charge on any atom is -0.349 e. The average molecular weight is 356 g/mol. The second kappa shape index (κ2) is 8.60. The maximum Gasteiger partial charge on any atom is 0.267 e. The zero-order chi connectivity index (χ0) is 18.4. The van der Waals surface area contributed by atoms with Gasteiger partial charge in [0.15, 0.2) is 0 Å². The monoisotopic (exact) mass is 356 g/mol. The Hall–Kier alpha value is -2.70. The highest BCUT2D eigenvalue weighted by Crippen LogP contribution is 2.19. The predicted octanol–water partition coefficient (Wildman–Crippen LogP) is 1.69. The topological polar surface area (TPSA) is 82.1 Å². The summed E-state index contributed by atoms with van der Waals surface area (Å²) in [5, 5.41) is 8.35. The van der Waals surface area contributed by atoms with Crippen molar-refractivity contribution in [2.75, 3.05) is 24.6 Å². The number of hydrogen-bond acceptors (Lipinski definition) is 4. The lowest BCUT2D eigenvalue weighted by Crippen LogP contribution is -2.42. The Labute approximate surface area is 153 Å². The summed E-state index contributed by atoms with van der Waals surface area (Å²) in [6, 6.07) is 9.08. The van der Waals surface area contributed by atoms with E-state index in [1.807, 2.05) is 23.1 Å². The van der Waals surface area contributed by atoms with E-state index in [2.05, 4.69) is 10.4 Å². The normalized spacial score (nSPS) is 18.4. The summed E-state index contributed by atoms with van der Waals surface area (Å²) in [6.07, 6.45) is 4.22. The molecule has 0 spiro atoms. The Morgan fingerprint density at radius 2 is 1.81 bits per heavy atom. The summed E-state index contributed by atoms with van der Waals surface area (Å²) in [6.45, 7) is 1.66. The first-order valence-corrected chi connectivity index (χ1v) is 9.16. The molecule has 0 unspecified atom stereocenters. The van der Waals surface area contributed by atoms with Gasteiger partial charge in [-0.25, -0.2) is 5.01 Å². The Balaban J connectivity index is 1.57. The molecule has 0 aromatic heterocycles. The number of para-hydroxylation sites is 1. The molecular weight excluding hydrogens is 332 g/mol. The van der Waals surface area contributed by atoms with Crippen LogP contribution >= 0.6 is 0 Å². The number of likely N-dealkylation sites (tertiary alicyclic amines) is 1. The maximum atomic E-state index is 12.4. The van der Waals surface area contributed by atoms with Crippen LogP contribution in [0.2, 0.25) is 0 Å². The first kappa shape index (κ1) is 18.1. The van der Waals surface area contributed by atoms with Gasteiger partial charge in [0.1, 0.15) is 5.71 Å². The molecule has 0 aliphatic carbocycles. The number of anilines is 1. The first-order chi connectivity index (χ1) is 12.6. The van der Waals surface area contributed by atoms with Crippen LogP contribution in [-0.4, -0.2) is 48.0 Å². The number of nitrogens with zero attached hydrogens (tertiary/aromatic N) is 3. The standard InChI is InChI=1S/C19H24N4O3/c24-17-9-5-2-6-13-22(17)14-12-20-19(26)16-10-11-18(25)23(21-16)15-7-3-1-4-8-15/h1,3-4,7-8H,2,5-6,9-14H2,(H,20,26). The zero-order valence-corrected chi connectivity index (χ0v) is 14.8. The number of carbonyl (C=O) groups is 3. The lowest BCUT2D eigenvalue weighted by atomic mass is 10.1. The molecule has 1 N–H and O–H groups in total. The third-order valence-corrected chi connectivity index (χ3v) is 4.63. The van der Waals surface area contributed by atoms with E-state index in [-0.39, 0.29) is 24.1 Å². The largest absolute Gasteiger partial charge is 0.349 e. The fourth-order valence-electron chi connectivity index (χ4n) is 3.17. The van der Waals surface area contributed by atoms with Gasteiger partial charge in [-0.2, -0.15) is 5.10 Å². The third kappa shape index (κ3) is 4.47. The molecule has 138 valence electrons. The van der Waals surface area contributed by atoms with Crippen LogP contribution in [0.15, 0.2) is 35.4 Å². The molecule has 1 aromatic carbocycles. The Bertz CT molecular complexity index is 702. The number of benzene rings is 1. The quantitative estimate of drug-likeness (QED) is 0.871. The molecule has 2 aliphatic heterocycles. The van der Waals surface area contributed by atoms with E-state index in [1.165, 1.54) is 5.01 Å². The summed E-state index contributed by atoms with van der Waals surface area (Å²) in [7, 11) is 0. The van der Waals surface area contributed by atoms with Crippen LogP contribution in [0.25, 0.3) is 0 Å². The van der Waals surface area contributed by atoms with E-state index in [4.69, 9.17) is 0 Å². The van der Waals surface area contributed by atoms with E-state index < -0.39 is 0 Å². The van der Waals surface area contributed by atoms with Gasteiger partial charge < -0.3 is 10.2 Å². The molecular formula is C19H24N4O3. The van der Waals surface area contributed by atoms with Crippen LogP contribution < -0.4 is 10.3 Å². The highest BCUT2D eigenvalue weighted by atomic mass is 16.2. The average Bonchev–Trinajstić information content (AvgIpc) is 2.87. The summed E-state index contributed by atoms with van der Waals surface area (Å²) in [5.41, 5.74) is 0.994. The summed E-state index contributed by atoms with van der Waals surface area (Å²) >= 11 is 0. The van der Waals surface area contributed by atoms with Crippen molar-refractivity contribution in [3.05, 3.63) is 30.3 Å². The third-order valence-electron chi connectivity index (χ3n) is 4.63. The minimum absolute atomic E-state index is 0.122. The van der Waals surface area contributed by atoms with Gasteiger partial charge in [-0.15, -0.1) is 0 Å². The van der Waals surface area contributed by atoms with Gasteiger partial charge in [0.2, 0.25) is 11.8 Å². The molecule has 0 saturated carbocycles. The number of amides is 3. The Morgan fingerprint density at radius 3 is 2.62 bits per heavy atom. The van der Waals surface area contributed by atoms with Crippen LogP contribution in [0, 0.1) is 0 Å². The van der Waals surface area contributed by atoms with Crippen molar-refractivity contribution in [3.63, 3.8) is 0 Å². The number of carbonyl (C=O) groups excluding carboxylic acids is 3. The molecule has 3 rings (SSSR count). The molecule has 0 radical (unpaired) electrons. The molecule has 0 atom stereocenters. The summed E-state index contributed by atoms with van der Waals surface area (Å²) in [5.74, 6) is -0.240. The highest BCUT2D eigenvalue weighted by molar-refractivity contribution is 6.40. The van der Waals surface area contributed by atoms with E-state index in [1.54, 1.807) is 12.1 Å². The van der Waals surface area contributed by atoms with Crippen molar-refractivity contribution < 1.29 is 14.4 Å². The zero-order valence-electron chi connectivity index (χ0n) is 14.8.